The third-order valence-electron chi connectivity index (χ3n) is 4.85. The van der Waals surface area contributed by atoms with Crippen molar-refractivity contribution in [1.82, 2.24) is 14.5 Å². The molecule has 0 aliphatic heterocycles. The van der Waals surface area contributed by atoms with Gasteiger partial charge in [-0.15, -0.1) is 0 Å². The fraction of sp³-hybridized carbons (Fsp3) is 0.200. The summed E-state index contributed by atoms with van der Waals surface area (Å²) in [6, 6.07) is 17.2. The molecule has 2 heterocycles. The van der Waals surface area contributed by atoms with Crippen LogP contribution in [0.4, 0.5) is 11.6 Å². The van der Waals surface area contributed by atoms with Gasteiger partial charge in [-0.1, -0.05) is 62.7 Å². The summed E-state index contributed by atoms with van der Waals surface area (Å²) in [6.45, 7) is 6.49. The highest BCUT2D eigenvalue weighted by Crippen LogP contribution is 2.28. The summed E-state index contributed by atoms with van der Waals surface area (Å²) >= 11 is 6.31. The Hall–Kier alpha value is -3.18. The molecule has 157 valence electrons. The number of fused-ring (bicyclic) bond motifs is 1. The molecule has 0 aliphatic carbocycles. The van der Waals surface area contributed by atoms with Gasteiger partial charge in [-0.25, -0.2) is 4.98 Å². The lowest BCUT2D eigenvalue weighted by molar-refractivity contribution is 0.506. The largest absolute Gasteiger partial charge is 0.324 e. The van der Waals surface area contributed by atoms with Crippen LogP contribution in [0.3, 0.4) is 0 Å². The molecule has 6 heteroatoms. The summed E-state index contributed by atoms with van der Waals surface area (Å²) in [5.41, 5.74) is 3.69. The van der Waals surface area contributed by atoms with E-state index in [0.717, 1.165) is 16.6 Å². The summed E-state index contributed by atoms with van der Waals surface area (Å²) in [5.74, 6) is 0.431. The molecule has 4 rings (SSSR count). The number of pyridine rings is 1. The maximum atomic E-state index is 13.0. The van der Waals surface area contributed by atoms with E-state index < -0.39 is 0 Å². The standard InChI is InChI=1S/C25H24ClN4O/c1-25(2,3)14-16-8-7-9-18(12-16)28-24-27-15-17-13-20(19-10-5-6-11-21(19)26)23(31)30(4)22(17)29-24/h5-15H,1-4H3,(H,27,28,29). The number of hydrogen-bond acceptors (Lipinski definition) is 4. The van der Waals surface area contributed by atoms with Crippen LogP contribution in [-0.2, 0) is 7.05 Å². The van der Waals surface area contributed by atoms with Crippen molar-refractivity contribution < 1.29 is 0 Å². The van der Waals surface area contributed by atoms with Crippen molar-refractivity contribution in [3.05, 3.63) is 88.2 Å². The first kappa shape index (κ1) is 21.1. The molecule has 1 radical (unpaired) electrons. The van der Waals surface area contributed by atoms with E-state index in [9.17, 15) is 4.79 Å². The van der Waals surface area contributed by atoms with E-state index in [1.807, 2.05) is 30.3 Å². The molecule has 4 aromatic rings. The Kier molecular flexibility index (Phi) is 5.54. The van der Waals surface area contributed by atoms with Crippen LogP contribution in [0.5, 0.6) is 0 Å². The molecule has 0 saturated heterocycles. The lowest BCUT2D eigenvalue weighted by Gasteiger charge is -2.18. The summed E-state index contributed by atoms with van der Waals surface area (Å²) in [5, 5.41) is 4.54. The van der Waals surface area contributed by atoms with Gasteiger partial charge in [-0.05, 0) is 41.7 Å². The molecule has 0 fully saturated rings. The first-order chi connectivity index (χ1) is 14.7. The molecule has 0 saturated carbocycles. The van der Waals surface area contributed by atoms with Crippen molar-refractivity contribution in [3.63, 3.8) is 0 Å². The smallest absolute Gasteiger partial charge is 0.259 e. The topological polar surface area (TPSA) is 59.8 Å². The fourth-order valence-electron chi connectivity index (χ4n) is 3.51. The molecule has 0 aliphatic rings. The van der Waals surface area contributed by atoms with Crippen molar-refractivity contribution in [2.75, 3.05) is 5.32 Å². The second-order valence-corrected chi connectivity index (χ2v) is 9.04. The molecular weight excluding hydrogens is 408 g/mol. The number of nitrogens with one attached hydrogen (secondary N) is 1. The van der Waals surface area contributed by atoms with Crippen LogP contribution >= 0.6 is 11.6 Å². The molecule has 0 spiro atoms. The minimum Gasteiger partial charge on any atom is -0.324 e. The number of aryl methyl sites for hydroxylation is 1. The Bertz CT molecular complexity index is 1320. The van der Waals surface area contributed by atoms with Gasteiger partial charge >= 0.3 is 0 Å². The van der Waals surface area contributed by atoms with Gasteiger partial charge in [-0.2, -0.15) is 4.98 Å². The Morgan fingerprint density at radius 2 is 1.81 bits per heavy atom. The first-order valence-electron chi connectivity index (χ1n) is 10.1. The molecule has 0 atom stereocenters. The van der Waals surface area contributed by atoms with Gasteiger partial charge < -0.3 is 5.32 Å². The second kappa shape index (κ2) is 8.16. The Balaban J connectivity index is 1.70. The van der Waals surface area contributed by atoms with E-state index in [-0.39, 0.29) is 11.0 Å². The van der Waals surface area contributed by atoms with E-state index in [2.05, 4.69) is 54.6 Å². The summed E-state index contributed by atoms with van der Waals surface area (Å²) in [6.07, 6.45) is 3.93. The third-order valence-corrected chi connectivity index (χ3v) is 5.18. The molecule has 1 N–H and O–H groups in total. The predicted octanol–water partition coefficient (Wildman–Crippen LogP) is 5.99. The first-order valence-corrected chi connectivity index (χ1v) is 10.4. The predicted molar refractivity (Wildman–Crippen MR) is 128 cm³/mol. The average molecular weight is 432 g/mol. The van der Waals surface area contributed by atoms with Crippen LogP contribution < -0.4 is 10.9 Å². The number of rotatable bonds is 4. The number of hydrogen-bond donors (Lipinski definition) is 1. The SMILES string of the molecule is Cn1c(=O)c(-c2ccccc2Cl)cc2cnc(Nc3cccc([CH]C(C)(C)C)c3)nc21. The van der Waals surface area contributed by atoms with Crippen LogP contribution in [0.2, 0.25) is 5.02 Å². The summed E-state index contributed by atoms with van der Waals surface area (Å²) in [7, 11) is 1.71. The highest BCUT2D eigenvalue weighted by Gasteiger charge is 2.14. The molecule has 2 aromatic heterocycles. The Morgan fingerprint density at radius 3 is 2.55 bits per heavy atom. The van der Waals surface area contributed by atoms with Crippen molar-refractivity contribution in [2.45, 2.75) is 20.8 Å². The van der Waals surface area contributed by atoms with Gasteiger partial charge in [0, 0.05) is 40.5 Å². The Labute approximate surface area is 186 Å². The van der Waals surface area contributed by atoms with E-state index in [4.69, 9.17) is 11.6 Å². The van der Waals surface area contributed by atoms with Crippen LogP contribution in [0.15, 0.2) is 65.6 Å². The normalized spacial score (nSPS) is 11.6. The fourth-order valence-corrected chi connectivity index (χ4v) is 3.75. The van der Waals surface area contributed by atoms with Crippen molar-refractivity contribution >= 4 is 34.3 Å². The van der Waals surface area contributed by atoms with Crippen LogP contribution in [0, 0.1) is 11.8 Å². The maximum Gasteiger partial charge on any atom is 0.259 e. The van der Waals surface area contributed by atoms with Crippen LogP contribution in [-0.4, -0.2) is 14.5 Å². The summed E-state index contributed by atoms with van der Waals surface area (Å²) in [4.78, 5) is 22.0. The zero-order valence-corrected chi connectivity index (χ0v) is 18.7. The van der Waals surface area contributed by atoms with Gasteiger partial charge in [0.15, 0.2) is 0 Å². The molecule has 0 bridgehead atoms. The quantitative estimate of drug-likeness (QED) is 0.431. The van der Waals surface area contributed by atoms with Crippen molar-refractivity contribution in [3.8, 4) is 11.1 Å². The molecular formula is C25H24ClN4O. The van der Waals surface area contributed by atoms with Gasteiger partial charge in [-0.3, -0.25) is 9.36 Å². The molecule has 0 unspecified atom stereocenters. The van der Waals surface area contributed by atoms with Crippen LogP contribution in [0.25, 0.3) is 22.2 Å². The van der Waals surface area contributed by atoms with E-state index in [0.29, 0.717) is 27.7 Å². The third kappa shape index (κ3) is 4.62. The maximum absolute atomic E-state index is 13.0. The summed E-state index contributed by atoms with van der Waals surface area (Å²) < 4.78 is 1.53. The number of benzene rings is 2. The van der Waals surface area contributed by atoms with Gasteiger partial charge in [0.25, 0.3) is 5.56 Å². The number of anilines is 2. The van der Waals surface area contributed by atoms with E-state index in [1.165, 1.54) is 4.57 Å². The average Bonchev–Trinajstić information content (AvgIpc) is 2.71. The highest BCUT2D eigenvalue weighted by atomic mass is 35.5. The monoisotopic (exact) mass is 431 g/mol. The zero-order chi connectivity index (χ0) is 22.2. The number of nitrogens with zero attached hydrogens (tertiary/aromatic N) is 3. The van der Waals surface area contributed by atoms with Gasteiger partial charge in [0.2, 0.25) is 5.95 Å². The lowest BCUT2D eigenvalue weighted by atomic mass is 9.88. The van der Waals surface area contributed by atoms with Crippen molar-refractivity contribution in [1.29, 1.82) is 0 Å². The molecule has 5 nitrogen and oxygen atoms in total. The molecule has 31 heavy (non-hydrogen) atoms. The zero-order valence-electron chi connectivity index (χ0n) is 18.0. The Morgan fingerprint density at radius 1 is 1.03 bits per heavy atom. The number of halogens is 1. The lowest BCUT2D eigenvalue weighted by Crippen LogP contribution is -2.20. The van der Waals surface area contributed by atoms with Gasteiger partial charge in [0.05, 0.1) is 0 Å². The minimum absolute atomic E-state index is 0.0791. The number of aromatic nitrogens is 3. The van der Waals surface area contributed by atoms with Crippen LogP contribution in [0.1, 0.15) is 26.3 Å². The second-order valence-electron chi connectivity index (χ2n) is 8.64. The van der Waals surface area contributed by atoms with E-state index >= 15 is 0 Å². The molecule has 2 aromatic carbocycles. The highest BCUT2D eigenvalue weighted by molar-refractivity contribution is 6.33. The molecule has 0 amide bonds. The van der Waals surface area contributed by atoms with Crippen molar-refractivity contribution in [2.24, 2.45) is 12.5 Å². The van der Waals surface area contributed by atoms with E-state index in [1.54, 1.807) is 25.4 Å². The van der Waals surface area contributed by atoms with Gasteiger partial charge in [0.1, 0.15) is 5.65 Å². The minimum atomic E-state index is -0.160.